The molecule has 240 valence electrons. The number of anilines is 1. The maximum atomic E-state index is 15.4. The molecule has 3 fully saturated rings. The molecule has 0 unspecified atom stereocenters. The van der Waals surface area contributed by atoms with E-state index in [4.69, 9.17) is 16.3 Å². The minimum Gasteiger partial charge on any atom is -0.481 e. The lowest BCUT2D eigenvalue weighted by atomic mass is 9.87. The van der Waals surface area contributed by atoms with Crippen LogP contribution in [0.4, 0.5) is 10.1 Å². The van der Waals surface area contributed by atoms with E-state index in [1.165, 1.54) is 12.1 Å². The van der Waals surface area contributed by atoms with Gasteiger partial charge in [0.2, 0.25) is 5.91 Å². The second-order valence-corrected chi connectivity index (χ2v) is 13.4. The topological polar surface area (TPSA) is 104 Å². The van der Waals surface area contributed by atoms with Gasteiger partial charge in [-0.15, -0.1) is 0 Å². The van der Waals surface area contributed by atoms with Gasteiger partial charge in [-0.3, -0.25) is 19.3 Å². The summed E-state index contributed by atoms with van der Waals surface area (Å²) >= 11 is 6.52. The molecule has 1 aromatic heterocycles. The number of halogens is 2. The van der Waals surface area contributed by atoms with E-state index >= 15 is 4.39 Å². The highest BCUT2D eigenvalue weighted by molar-refractivity contribution is 6.34. The molecule has 2 atom stereocenters. The highest BCUT2D eigenvalue weighted by Gasteiger charge is 2.41. The van der Waals surface area contributed by atoms with E-state index in [2.05, 4.69) is 17.1 Å². The van der Waals surface area contributed by atoms with Crippen molar-refractivity contribution in [1.29, 1.82) is 0 Å². The molecule has 1 saturated carbocycles. The Labute approximate surface area is 267 Å². The van der Waals surface area contributed by atoms with Crippen molar-refractivity contribution in [3.63, 3.8) is 0 Å². The van der Waals surface area contributed by atoms with Gasteiger partial charge in [0.05, 0.1) is 47.4 Å². The van der Waals surface area contributed by atoms with Gasteiger partial charge in [-0.1, -0.05) is 36.7 Å². The molecule has 2 aromatic carbocycles. The number of aryl methyl sites for hydroxylation is 1. The number of ether oxygens (including phenoxy) is 1. The Morgan fingerprint density at radius 3 is 2.53 bits per heavy atom. The number of likely N-dealkylation sites (tertiary alicyclic amines) is 2. The summed E-state index contributed by atoms with van der Waals surface area (Å²) in [5, 5.41) is 13.0. The third-order valence-corrected chi connectivity index (χ3v) is 10.0. The number of aliphatic carboxylic acids is 1. The van der Waals surface area contributed by atoms with Crippen molar-refractivity contribution in [3.8, 4) is 0 Å². The number of para-hydroxylation sites is 1. The molecule has 45 heavy (non-hydrogen) atoms. The molecule has 6 rings (SSSR count). The summed E-state index contributed by atoms with van der Waals surface area (Å²) in [6.45, 7) is 5.13. The summed E-state index contributed by atoms with van der Waals surface area (Å²) in [5.74, 6) is -1.65. The lowest BCUT2D eigenvalue weighted by Crippen LogP contribution is -2.52. The smallest absolute Gasteiger partial charge is 0.306 e. The van der Waals surface area contributed by atoms with Crippen LogP contribution >= 0.6 is 11.6 Å². The highest BCUT2D eigenvalue weighted by atomic mass is 35.5. The van der Waals surface area contributed by atoms with Crippen LogP contribution in [-0.4, -0.2) is 81.7 Å². The number of carboxylic acid groups (broad SMARTS) is 1. The first-order valence-electron chi connectivity index (χ1n) is 15.8. The first kappa shape index (κ1) is 31.5. The van der Waals surface area contributed by atoms with Crippen molar-refractivity contribution in [1.82, 2.24) is 14.4 Å². The number of carbonyl (C=O) groups excluding carboxylic acids is 2. The number of rotatable bonds is 9. The minimum atomic E-state index is -0.750. The number of hydrogen-bond acceptors (Lipinski definition) is 5. The summed E-state index contributed by atoms with van der Waals surface area (Å²) in [6, 6.07) is 10.2. The van der Waals surface area contributed by atoms with Gasteiger partial charge in [0.25, 0.3) is 5.91 Å². The molecule has 2 aliphatic heterocycles. The largest absolute Gasteiger partial charge is 0.481 e. The molecule has 3 heterocycles. The van der Waals surface area contributed by atoms with Gasteiger partial charge in [-0.2, -0.15) is 0 Å². The predicted octanol–water partition coefficient (Wildman–Crippen LogP) is 5.35. The molecular weight excluding hydrogens is 599 g/mol. The van der Waals surface area contributed by atoms with Crippen LogP contribution in [0, 0.1) is 17.7 Å². The van der Waals surface area contributed by atoms with Gasteiger partial charge < -0.3 is 24.6 Å². The van der Waals surface area contributed by atoms with Crippen LogP contribution in [0.3, 0.4) is 0 Å². The Hall–Kier alpha value is -3.47. The molecule has 2 amide bonds. The van der Waals surface area contributed by atoms with Crippen LogP contribution < -0.4 is 5.32 Å². The van der Waals surface area contributed by atoms with Crippen molar-refractivity contribution < 1.29 is 28.6 Å². The zero-order valence-corrected chi connectivity index (χ0v) is 26.4. The van der Waals surface area contributed by atoms with Crippen molar-refractivity contribution in [2.75, 3.05) is 31.6 Å². The van der Waals surface area contributed by atoms with E-state index in [0.717, 1.165) is 30.4 Å². The summed E-state index contributed by atoms with van der Waals surface area (Å²) in [4.78, 5) is 42.3. The lowest BCUT2D eigenvalue weighted by Gasteiger charge is -2.41. The average Bonchev–Trinajstić information content (AvgIpc) is 3.58. The molecule has 0 bridgehead atoms. The van der Waals surface area contributed by atoms with Crippen LogP contribution in [0.25, 0.3) is 10.9 Å². The Bertz CT molecular complexity index is 1600. The average molecular weight is 639 g/mol. The summed E-state index contributed by atoms with van der Waals surface area (Å²) in [5.41, 5.74) is 1.66. The summed E-state index contributed by atoms with van der Waals surface area (Å²) in [6.07, 6.45) is 4.91. The molecule has 3 aliphatic rings. The first-order valence-corrected chi connectivity index (χ1v) is 16.2. The molecule has 9 nitrogen and oxygen atoms in total. The second kappa shape index (κ2) is 13.1. The van der Waals surface area contributed by atoms with E-state index in [1.54, 1.807) is 6.20 Å². The Kier molecular flexibility index (Phi) is 9.17. The van der Waals surface area contributed by atoms with Gasteiger partial charge >= 0.3 is 5.97 Å². The normalized spacial score (nSPS) is 24.1. The standard InChI is InChI=1S/C34H40ClFN4O5/c1-20-15-39(16-20)23-13-24(19-45-25-9-7-21(8-10-25)34(43)44)40(17-23)32(41)12-22-11-28(35)30(14-29(22)36)37-33(42)27-18-38(2)31-6-4-3-5-26(27)31/h3-6,11,14,18,20-21,23-25H,7-10,12-13,15-17,19H2,1-2H3,(H,37,42)(H,43,44)/t21?,23-,24-,25?/m0/s1. The number of carboxylic acids is 1. The predicted molar refractivity (Wildman–Crippen MR) is 170 cm³/mol. The lowest BCUT2D eigenvalue weighted by molar-refractivity contribution is -0.144. The fourth-order valence-corrected chi connectivity index (χ4v) is 7.42. The highest BCUT2D eigenvalue weighted by Crippen LogP contribution is 2.32. The summed E-state index contributed by atoms with van der Waals surface area (Å²) in [7, 11) is 1.85. The van der Waals surface area contributed by atoms with Gasteiger partial charge in [0.1, 0.15) is 5.82 Å². The number of nitrogens with zero attached hydrogens (tertiary/aromatic N) is 3. The second-order valence-electron chi connectivity index (χ2n) is 13.0. The Morgan fingerprint density at radius 1 is 1.09 bits per heavy atom. The molecule has 0 spiro atoms. The van der Waals surface area contributed by atoms with Gasteiger partial charge in [-0.25, -0.2) is 4.39 Å². The third kappa shape index (κ3) is 6.73. The molecule has 3 aromatic rings. The van der Waals surface area contributed by atoms with E-state index in [9.17, 15) is 19.5 Å². The van der Waals surface area contributed by atoms with Crippen LogP contribution in [0.2, 0.25) is 5.02 Å². The molecule has 11 heteroatoms. The SMILES string of the molecule is CC1CN([C@H]2C[C@@H](COC3CCC(C(=O)O)CC3)N(C(=O)Cc3cc(Cl)c(NC(=O)c4cn(C)c5ccccc45)cc3F)C2)C1. The monoisotopic (exact) mass is 638 g/mol. The number of carbonyl (C=O) groups is 3. The quantitative estimate of drug-likeness (QED) is 0.328. The van der Waals surface area contributed by atoms with Crippen molar-refractivity contribution in [3.05, 3.63) is 64.6 Å². The number of nitrogens with one attached hydrogen (secondary N) is 1. The molecule has 2 N–H and O–H groups in total. The Balaban J connectivity index is 1.12. The maximum Gasteiger partial charge on any atom is 0.306 e. The number of aromatic nitrogens is 1. The number of benzene rings is 2. The number of amides is 2. The summed E-state index contributed by atoms with van der Waals surface area (Å²) < 4.78 is 23.5. The zero-order chi connectivity index (χ0) is 31.8. The molecule has 1 aliphatic carbocycles. The Morgan fingerprint density at radius 2 is 1.82 bits per heavy atom. The number of fused-ring (bicyclic) bond motifs is 1. The molecular formula is C34H40ClFN4O5. The van der Waals surface area contributed by atoms with Crippen molar-refractivity contribution >= 4 is 46.0 Å². The third-order valence-electron chi connectivity index (χ3n) is 9.74. The van der Waals surface area contributed by atoms with E-state index in [0.29, 0.717) is 50.3 Å². The van der Waals surface area contributed by atoms with Crippen LogP contribution in [-0.2, 0) is 27.8 Å². The van der Waals surface area contributed by atoms with Crippen LogP contribution in [0.1, 0.15) is 54.9 Å². The fraction of sp³-hybridized carbons (Fsp3) is 0.500. The van der Waals surface area contributed by atoms with Gasteiger partial charge in [0, 0.05) is 49.8 Å². The minimum absolute atomic E-state index is 0.0199. The molecule has 0 radical (unpaired) electrons. The van der Waals surface area contributed by atoms with Crippen molar-refractivity contribution in [2.45, 2.75) is 63.6 Å². The van der Waals surface area contributed by atoms with Gasteiger partial charge in [0.15, 0.2) is 0 Å². The number of hydrogen-bond donors (Lipinski definition) is 2. The van der Waals surface area contributed by atoms with Crippen LogP contribution in [0.15, 0.2) is 42.6 Å². The van der Waals surface area contributed by atoms with Crippen molar-refractivity contribution in [2.24, 2.45) is 18.9 Å². The van der Waals surface area contributed by atoms with E-state index < -0.39 is 17.7 Å². The van der Waals surface area contributed by atoms with E-state index in [-0.39, 0.29) is 52.7 Å². The van der Waals surface area contributed by atoms with E-state index in [1.807, 2.05) is 40.8 Å². The van der Waals surface area contributed by atoms with Gasteiger partial charge in [-0.05, 0) is 61.8 Å². The molecule has 2 saturated heterocycles. The maximum absolute atomic E-state index is 15.4. The fourth-order valence-electron chi connectivity index (χ4n) is 7.18. The first-order chi connectivity index (χ1) is 21.6. The zero-order valence-electron chi connectivity index (χ0n) is 25.7. The van der Waals surface area contributed by atoms with Crippen LogP contribution in [0.5, 0.6) is 0 Å².